The fourth-order valence-electron chi connectivity index (χ4n) is 3.43. The number of aldehydes is 2. The highest BCUT2D eigenvalue weighted by Crippen LogP contribution is 2.23. The van der Waals surface area contributed by atoms with Crippen molar-refractivity contribution in [3.05, 3.63) is 70.3 Å². The molecule has 39 heavy (non-hydrogen) atoms. The lowest BCUT2D eigenvalue weighted by Crippen LogP contribution is -2.35. The van der Waals surface area contributed by atoms with Gasteiger partial charge in [0.2, 0.25) is 5.91 Å². The summed E-state index contributed by atoms with van der Waals surface area (Å²) in [4.78, 5) is 37.5. The zero-order valence-electron chi connectivity index (χ0n) is 23.8. The standard InChI is InChI=1S/C12H23N3O2.C10H8ClNO2.C7H9N/c1-9(14-5)10(7-16)15-11(17)6-12(2,3)8-13-4;1-2-9-12-10-6(5-13)3-7(11)4-8(10)14-9;1-8-7-5-3-2-4-6-7/h7,13-14H,6,8H2,1-5H3,(H,15,17);3-5H,2H2,1H3;2-6,8H,1H3/b10-9+;;. The van der Waals surface area contributed by atoms with Crippen molar-refractivity contribution in [1.29, 1.82) is 0 Å². The number of nitrogens with zero attached hydrogens (tertiary/aromatic N) is 1. The van der Waals surface area contributed by atoms with Crippen molar-refractivity contribution in [2.75, 3.05) is 33.0 Å². The van der Waals surface area contributed by atoms with Crippen LogP contribution in [0.5, 0.6) is 0 Å². The highest BCUT2D eigenvalue weighted by atomic mass is 35.5. The van der Waals surface area contributed by atoms with Crippen molar-refractivity contribution in [1.82, 2.24) is 20.9 Å². The van der Waals surface area contributed by atoms with Crippen molar-refractivity contribution < 1.29 is 18.8 Å². The van der Waals surface area contributed by atoms with Gasteiger partial charge in [0.25, 0.3) is 0 Å². The van der Waals surface area contributed by atoms with E-state index in [0.717, 1.165) is 18.5 Å². The van der Waals surface area contributed by atoms with Crippen LogP contribution >= 0.6 is 11.6 Å². The van der Waals surface area contributed by atoms with E-state index in [2.05, 4.69) is 26.3 Å². The number of hydrogen-bond acceptors (Lipinski definition) is 8. The van der Waals surface area contributed by atoms with Crippen molar-refractivity contribution >= 4 is 46.9 Å². The van der Waals surface area contributed by atoms with Gasteiger partial charge in [0, 0.05) is 61.5 Å². The van der Waals surface area contributed by atoms with Gasteiger partial charge in [-0.2, -0.15) is 0 Å². The lowest BCUT2D eigenvalue weighted by atomic mass is 9.89. The number of aromatic nitrogens is 1. The van der Waals surface area contributed by atoms with Crippen LogP contribution in [0, 0.1) is 5.41 Å². The molecule has 0 saturated carbocycles. The first-order chi connectivity index (χ1) is 18.5. The smallest absolute Gasteiger partial charge is 0.225 e. The van der Waals surface area contributed by atoms with E-state index in [-0.39, 0.29) is 17.0 Å². The Kier molecular flexibility index (Phi) is 14.5. The first-order valence-corrected chi connectivity index (χ1v) is 13.0. The molecule has 0 radical (unpaired) electrons. The number of rotatable bonds is 10. The van der Waals surface area contributed by atoms with E-state index in [9.17, 15) is 14.4 Å². The average Bonchev–Trinajstić information content (AvgIpc) is 3.34. The lowest BCUT2D eigenvalue weighted by Gasteiger charge is -2.23. The van der Waals surface area contributed by atoms with E-state index in [1.54, 1.807) is 26.1 Å². The van der Waals surface area contributed by atoms with Crippen LogP contribution < -0.4 is 21.3 Å². The summed E-state index contributed by atoms with van der Waals surface area (Å²) in [5, 5.41) is 12.0. The molecular weight excluding hydrogens is 518 g/mol. The van der Waals surface area contributed by atoms with Gasteiger partial charge >= 0.3 is 0 Å². The fourth-order valence-corrected chi connectivity index (χ4v) is 3.65. The highest BCUT2D eigenvalue weighted by molar-refractivity contribution is 6.31. The van der Waals surface area contributed by atoms with Crippen molar-refractivity contribution in [3.63, 3.8) is 0 Å². The summed E-state index contributed by atoms with van der Waals surface area (Å²) in [5.74, 6) is 0.465. The number of carbonyl (C=O) groups excluding carboxylic acids is 3. The Morgan fingerprint density at radius 1 is 1.10 bits per heavy atom. The third-order valence-electron chi connectivity index (χ3n) is 5.49. The SMILES string of the molecule is CCc1nc2c(C=O)cc(Cl)cc2o1.CNCC(C)(C)CC(=O)N/C(C=O)=C(\C)NC.CNc1ccccc1. The van der Waals surface area contributed by atoms with Gasteiger partial charge in [-0.05, 0) is 37.6 Å². The van der Waals surface area contributed by atoms with Crippen LogP contribution in [0.25, 0.3) is 11.1 Å². The molecule has 0 fully saturated rings. The summed E-state index contributed by atoms with van der Waals surface area (Å²) in [5.41, 5.74) is 3.58. The molecule has 0 aliphatic carbocycles. The Morgan fingerprint density at radius 2 is 1.77 bits per heavy atom. The van der Waals surface area contributed by atoms with Gasteiger partial charge in [0.1, 0.15) is 5.52 Å². The molecule has 3 aromatic rings. The minimum absolute atomic E-state index is 0.139. The van der Waals surface area contributed by atoms with Gasteiger partial charge < -0.3 is 25.7 Å². The maximum Gasteiger partial charge on any atom is 0.225 e. The number of halogens is 1. The van der Waals surface area contributed by atoms with Crippen LogP contribution in [0.15, 0.2) is 58.3 Å². The van der Waals surface area contributed by atoms with Gasteiger partial charge in [-0.1, -0.05) is 50.6 Å². The van der Waals surface area contributed by atoms with Gasteiger partial charge in [-0.3, -0.25) is 14.4 Å². The Hall–Kier alpha value is -3.69. The number of anilines is 1. The van der Waals surface area contributed by atoms with E-state index >= 15 is 0 Å². The number of allylic oxidation sites excluding steroid dienone is 2. The summed E-state index contributed by atoms with van der Waals surface area (Å²) in [7, 11) is 5.47. The van der Waals surface area contributed by atoms with Crippen LogP contribution in [-0.4, -0.2) is 51.2 Å². The Morgan fingerprint density at radius 3 is 2.26 bits per heavy atom. The molecule has 1 aromatic heterocycles. The first kappa shape index (κ1) is 33.3. The Labute approximate surface area is 235 Å². The Bertz CT molecular complexity index is 1240. The zero-order valence-corrected chi connectivity index (χ0v) is 24.5. The second-order valence-electron chi connectivity index (χ2n) is 9.36. The predicted molar refractivity (Wildman–Crippen MR) is 158 cm³/mol. The van der Waals surface area contributed by atoms with Gasteiger partial charge in [0.15, 0.2) is 24.0 Å². The van der Waals surface area contributed by atoms with Crippen molar-refractivity contribution in [2.24, 2.45) is 5.41 Å². The van der Waals surface area contributed by atoms with E-state index in [0.29, 0.717) is 52.4 Å². The molecule has 10 heteroatoms. The molecule has 1 amide bonds. The number of amides is 1. The van der Waals surface area contributed by atoms with E-state index in [1.165, 1.54) is 0 Å². The van der Waals surface area contributed by atoms with Gasteiger partial charge in [-0.25, -0.2) is 4.98 Å². The molecule has 9 nitrogen and oxygen atoms in total. The topological polar surface area (TPSA) is 125 Å². The number of hydrogen-bond donors (Lipinski definition) is 4. The van der Waals surface area contributed by atoms with Crippen LogP contribution in [0.3, 0.4) is 0 Å². The quantitative estimate of drug-likeness (QED) is 0.203. The van der Waals surface area contributed by atoms with Crippen LogP contribution in [-0.2, 0) is 16.0 Å². The molecule has 0 atom stereocenters. The summed E-state index contributed by atoms with van der Waals surface area (Å²) in [6.45, 7) is 8.41. The lowest BCUT2D eigenvalue weighted by molar-refractivity contribution is -0.123. The second kappa shape index (κ2) is 17.0. The molecule has 1 heterocycles. The van der Waals surface area contributed by atoms with Crippen molar-refractivity contribution in [2.45, 2.75) is 40.5 Å². The van der Waals surface area contributed by atoms with Gasteiger partial charge in [-0.15, -0.1) is 0 Å². The minimum Gasteiger partial charge on any atom is -0.441 e. The van der Waals surface area contributed by atoms with Crippen LogP contribution in [0.4, 0.5) is 5.69 Å². The molecule has 212 valence electrons. The molecule has 0 unspecified atom stereocenters. The second-order valence-corrected chi connectivity index (χ2v) is 9.80. The molecule has 0 saturated heterocycles. The largest absolute Gasteiger partial charge is 0.441 e. The van der Waals surface area contributed by atoms with Crippen LogP contribution in [0.2, 0.25) is 5.02 Å². The minimum atomic E-state index is -0.151. The molecule has 3 rings (SSSR count). The summed E-state index contributed by atoms with van der Waals surface area (Å²) in [6.07, 6.45) is 2.44. The molecule has 0 aliphatic heterocycles. The third-order valence-corrected chi connectivity index (χ3v) is 5.71. The maximum absolute atomic E-state index is 11.8. The Balaban J connectivity index is 0.000000309. The summed E-state index contributed by atoms with van der Waals surface area (Å²) < 4.78 is 5.39. The number of benzene rings is 2. The number of fused-ring (bicyclic) bond motifs is 1. The molecule has 0 spiro atoms. The number of nitrogens with one attached hydrogen (secondary N) is 4. The molecule has 0 bridgehead atoms. The molecule has 2 aromatic carbocycles. The van der Waals surface area contributed by atoms with Crippen LogP contribution in [0.1, 0.15) is 50.4 Å². The van der Waals surface area contributed by atoms with Crippen molar-refractivity contribution in [3.8, 4) is 0 Å². The summed E-state index contributed by atoms with van der Waals surface area (Å²) in [6, 6.07) is 13.3. The van der Waals surface area contributed by atoms with Gasteiger partial charge in [0.05, 0.1) is 5.70 Å². The predicted octanol–water partition coefficient (Wildman–Crippen LogP) is 4.97. The monoisotopic (exact) mass is 557 g/mol. The number of aryl methyl sites for hydroxylation is 1. The fraction of sp³-hybridized carbons (Fsp3) is 0.379. The third kappa shape index (κ3) is 11.7. The molecule has 4 N–H and O–H groups in total. The van der Waals surface area contributed by atoms with E-state index < -0.39 is 0 Å². The number of oxazole rings is 1. The highest BCUT2D eigenvalue weighted by Gasteiger charge is 2.21. The van der Waals surface area contributed by atoms with E-state index in [1.807, 2.05) is 65.2 Å². The molecular formula is C29H40ClN5O4. The maximum atomic E-state index is 11.8. The molecule has 0 aliphatic rings. The summed E-state index contributed by atoms with van der Waals surface area (Å²) >= 11 is 5.81. The zero-order chi connectivity index (χ0) is 29.4. The first-order valence-electron chi connectivity index (χ1n) is 12.6. The van der Waals surface area contributed by atoms with E-state index in [4.69, 9.17) is 16.0 Å². The average molecular weight is 558 g/mol. The number of para-hydroxylation sites is 1. The normalized spacial score (nSPS) is 11.2. The number of carbonyl (C=O) groups is 3.